The third-order valence-corrected chi connectivity index (χ3v) is 4.10. The Morgan fingerprint density at radius 3 is 2.27 bits per heavy atom. The lowest BCUT2D eigenvalue weighted by molar-refractivity contribution is 0.122. The van der Waals surface area contributed by atoms with Crippen LogP contribution in [0, 0.1) is 0 Å². The molecular formula is C16H19N3O3. The summed E-state index contributed by atoms with van der Waals surface area (Å²) in [5.74, 6) is 0. The molecule has 1 aromatic carbocycles. The molecule has 0 amide bonds. The number of fused-ring (bicyclic) bond motifs is 1. The highest BCUT2D eigenvalue weighted by atomic mass is 16.3. The summed E-state index contributed by atoms with van der Waals surface area (Å²) >= 11 is 0. The van der Waals surface area contributed by atoms with E-state index in [4.69, 9.17) is 0 Å². The second kappa shape index (κ2) is 5.14. The molecule has 3 atom stereocenters. The van der Waals surface area contributed by atoms with Gasteiger partial charge in [-0.3, -0.25) is 0 Å². The second-order valence-corrected chi connectivity index (χ2v) is 5.76. The Morgan fingerprint density at radius 1 is 1.09 bits per heavy atom. The van der Waals surface area contributed by atoms with E-state index < -0.39 is 23.5 Å². The minimum absolute atomic E-state index is 0.236. The van der Waals surface area contributed by atoms with E-state index in [1.54, 1.807) is 31.2 Å². The molecule has 1 aromatic heterocycles. The molecule has 0 aliphatic carbocycles. The third kappa shape index (κ3) is 1.99. The molecule has 2 heterocycles. The van der Waals surface area contributed by atoms with Gasteiger partial charge in [0.2, 0.25) is 0 Å². The second-order valence-electron chi connectivity index (χ2n) is 5.76. The monoisotopic (exact) mass is 301 g/mol. The number of benzene rings is 1. The van der Waals surface area contributed by atoms with Gasteiger partial charge >= 0.3 is 11.4 Å². The molecule has 1 N–H and O–H groups in total. The summed E-state index contributed by atoms with van der Waals surface area (Å²) in [6.07, 6.45) is 1.15. The van der Waals surface area contributed by atoms with Crippen molar-refractivity contribution in [2.45, 2.75) is 39.0 Å². The quantitative estimate of drug-likeness (QED) is 0.849. The van der Waals surface area contributed by atoms with Crippen molar-refractivity contribution >= 4 is 0 Å². The van der Waals surface area contributed by atoms with Gasteiger partial charge in [-0.15, -0.1) is 0 Å². The number of hydrogen-bond acceptors (Lipinski definition) is 3. The number of allylic oxidation sites excluding steroid dienone is 1. The predicted molar refractivity (Wildman–Crippen MR) is 83.5 cm³/mol. The molecule has 6 heteroatoms. The molecular weight excluding hydrogens is 282 g/mol. The molecule has 0 saturated heterocycles. The third-order valence-electron chi connectivity index (χ3n) is 4.10. The minimum Gasteiger partial charge on any atom is -0.391 e. The number of rotatable bonds is 2. The van der Waals surface area contributed by atoms with E-state index in [0.29, 0.717) is 5.69 Å². The van der Waals surface area contributed by atoms with Gasteiger partial charge in [-0.05, 0) is 38.5 Å². The van der Waals surface area contributed by atoms with Gasteiger partial charge in [0.05, 0.1) is 17.8 Å². The fourth-order valence-electron chi connectivity index (χ4n) is 3.22. The van der Waals surface area contributed by atoms with Crippen LogP contribution < -0.4 is 11.4 Å². The van der Waals surface area contributed by atoms with Crippen LogP contribution in [0.4, 0.5) is 0 Å². The summed E-state index contributed by atoms with van der Waals surface area (Å²) < 4.78 is 3.94. The topological polar surface area (TPSA) is 69.2 Å². The van der Waals surface area contributed by atoms with Crippen molar-refractivity contribution in [2.24, 2.45) is 0 Å². The molecule has 6 nitrogen and oxygen atoms in total. The normalized spacial score (nSPS) is 22.1. The van der Waals surface area contributed by atoms with Gasteiger partial charge in [0.1, 0.15) is 6.04 Å². The molecule has 2 aromatic rings. The summed E-state index contributed by atoms with van der Waals surface area (Å²) in [6, 6.07) is 8.06. The van der Waals surface area contributed by atoms with Crippen molar-refractivity contribution in [3.63, 3.8) is 0 Å². The number of nitrogens with zero attached hydrogens (tertiary/aromatic N) is 3. The molecule has 1 aliphatic heterocycles. The van der Waals surface area contributed by atoms with Gasteiger partial charge in [-0.25, -0.2) is 23.5 Å². The Morgan fingerprint density at radius 2 is 1.68 bits per heavy atom. The molecule has 1 aliphatic rings. The van der Waals surface area contributed by atoms with Crippen LogP contribution in [0.25, 0.3) is 5.69 Å². The number of aliphatic hydroxyl groups is 1. The van der Waals surface area contributed by atoms with Crippen molar-refractivity contribution in [3.8, 4) is 5.69 Å². The number of para-hydroxylation sites is 1. The first-order chi connectivity index (χ1) is 10.4. The van der Waals surface area contributed by atoms with E-state index in [9.17, 15) is 14.7 Å². The van der Waals surface area contributed by atoms with E-state index in [2.05, 4.69) is 0 Å². The Hall–Kier alpha value is -2.34. The number of aliphatic hydroxyl groups excluding tert-OH is 1. The zero-order chi connectivity index (χ0) is 16.0. The molecule has 0 fully saturated rings. The lowest BCUT2D eigenvalue weighted by Gasteiger charge is -2.30. The van der Waals surface area contributed by atoms with Gasteiger partial charge in [0.25, 0.3) is 0 Å². The lowest BCUT2D eigenvalue weighted by Crippen LogP contribution is -2.40. The Bertz CT molecular complexity index is 840. The van der Waals surface area contributed by atoms with Crippen LogP contribution in [-0.4, -0.2) is 25.1 Å². The molecule has 116 valence electrons. The van der Waals surface area contributed by atoms with E-state index in [0.717, 1.165) is 10.1 Å². The zero-order valence-electron chi connectivity index (χ0n) is 12.8. The van der Waals surface area contributed by atoms with Crippen molar-refractivity contribution in [1.29, 1.82) is 0 Å². The first-order valence-corrected chi connectivity index (χ1v) is 7.31. The predicted octanol–water partition coefficient (Wildman–Crippen LogP) is 1.24. The van der Waals surface area contributed by atoms with Gasteiger partial charge in [-0.1, -0.05) is 24.3 Å². The van der Waals surface area contributed by atoms with Crippen LogP contribution in [-0.2, 0) is 0 Å². The maximum atomic E-state index is 12.8. The van der Waals surface area contributed by atoms with Crippen LogP contribution in [0.15, 0.2) is 51.6 Å². The van der Waals surface area contributed by atoms with E-state index in [1.807, 2.05) is 26.0 Å². The Kier molecular flexibility index (Phi) is 3.41. The average molecular weight is 301 g/mol. The summed E-state index contributed by atoms with van der Waals surface area (Å²) in [5.41, 5.74) is 0.593. The standard InChI is InChI=1S/C16H19N3O3/c1-10-9-11(2)18-15(21)17(13-7-5-4-6-8-13)16(22)19(18)14(10)12(3)20/h4-9,11-12,14,20H,1-3H3/t11-,12+,14+/m0/s1. The molecule has 0 radical (unpaired) electrons. The van der Waals surface area contributed by atoms with Crippen LogP contribution in [0.5, 0.6) is 0 Å². The summed E-state index contributed by atoms with van der Waals surface area (Å²) in [6.45, 7) is 5.35. The lowest BCUT2D eigenvalue weighted by atomic mass is 10.0. The molecule has 0 spiro atoms. The Balaban J connectivity index is 2.34. The highest BCUT2D eigenvalue weighted by Gasteiger charge is 2.32. The molecule has 22 heavy (non-hydrogen) atoms. The van der Waals surface area contributed by atoms with Crippen molar-refractivity contribution in [2.75, 3.05) is 0 Å². The van der Waals surface area contributed by atoms with Crippen molar-refractivity contribution in [1.82, 2.24) is 13.9 Å². The van der Waals surface area contributed by atoms with E-state index in [-0.39, 0.29) is 6.04 Å². The largest absolute Gasteiger partial charge is 0.391 e. The van der Waals surface area contributed by atoms with Gasteiger partial charge in [0.15, 0.2) is 0 Å². The number of aromatic nitrogens is 3. The highest BCUT2D eigenvalue weighted by molar-refractivity contribution is 5.31. The smallest absolute Gasteiger partial charge is 0.352 e. The maximum Gasteiger partial charge on any atom is 0.352 e. The first kappa shape index (κ1) is 14.6. The van der Waals surface area contributed by atoms with E-state index >= 15 is 0 Å². The fourth-order valence-corrected chi connectivity index (χ4v) is 3.22. The number of hydrogen-bond donors (Lipinski definition) is 1. The van der Waals surface area contributed by atoms with Gasteiger partial charge < -0.3 is 5.11 Å². The highest BCUT2D eigenvalue weighted by Crippen LogP contribution is 2.27. The van der Waals surface area contributed by atoms with Crippen LogP contribution in [0.1, 0.15) is 32.9 Å². The minimum atomic E-state index is -0.765. The zero-order valence-corrected chi connectivity index (χ0v) is 12.8. The van der Waals surface area contributed by atoms with Gasteiger partial charge in [0, 0.05) is 0 Å². The fraction of sp³-hybridized carbons (Fsp3) is 0.375. The van der Waals surface area contributed by atoms with Crippen LogP contribution in [0.2, 0.25) is 0 Å². The van der Waals surface area contributed by atoms with Crippen LogP contribution in [0.3, 0.4) is 0 Å². The molecule has 0 bridgehead atoms. The maximum absolute atomic E-state index is 12.8. The van der Waals surface area contributed by atoms with Crippen molar-refractivity contribution < 1.29 is 5.11 Å². The molecule has 0 unspecified atom stereocenters. The SMILES string of the molecule is CC1=C[C@H](C)n2c(=O)n(-c3ccccc3)c(=O)n2[C@H]1[C@@H](C)O. The first-order valence-electron chi connectivity index (χ1n) is 7.31. The van der Waals surface area contributed by atoms with Crippen LogP contribution >= 0.6 is 0 Å². The average Bonchev–Trinajstić information content (AvgIpc) is 2.71. The molecule has 0 saturated carbocycles. The summed E-state index contributed by atoms with van der Waals surface area (Å²) in [4.78, 5) is 25.5. The summed E-state index contributed by atoms with van der Waals surface area (Å²) in [7, 11) is 0. The van der Waals surface area contributed by atoms with Crippen molar-refractivity contribution in [3.05, 3.63) is 62.9 Å². The van der Waals surface area contributed by atoms with E-state index in [1.165, 1.54) is 9.36 Å². The summed E-state index contributed by atoms with van der Waals surface area (Å²) in [5, 5.41) is 10.1. The molecule has 3 rings (SSSR count). The Labute approximate surface area is 127 Å². The van der Waals surface area contributed by atoms with Gasteiger partial charge in [-0.2, -0.15) is 0 Å².